The fourth-order valence-electron chi connectivity index (χ4n) is 1.56. The van der Waals surface area contributed by atoms with Crippen molar-refractivity contribution in [1.82, 2.24) is 0 Å². The highest BCUT2D eigenvalue weighted by Crippen LogP contribution is 2.29. The molecule has 0 amide bonds. The molecule has 1 nitrogen and oxygen atoms in total. The van der Waals surface area contributed by atoms with Gasteiger partial charge >= 0.3 is 0 Å². The lowest BCUT2D eigenvalue weighted by atomic mass is 9.92. The summed E-state index contributed by atoms with van der Waals surface area (Å²) in [7, 11) is 0. The van der Waals surface area contributed by atoms with Gasteiger partial charge in [0.1, 0.15) is 0 Å². The molecule has 1 aromatic carbocycles. The third-order valence-electron chi connectivity index (χ3n) is 2.44. The van der Waals surface area contributed by atoms with Crippen molar-refractivity contribution in [1.29, 1.82) is 0 Å². The zero-order valence-electron chi connectivity index (χ0n) is 8.01. The maximum absolute atomic E-state index is 3.29. The van der Waals surface area contributed by atoms with Gasteiger partial charge in [-0.05, 0) is 43.0 Å². The van der Waals surface area contributed by atoms with E-state index in [1.165, 1.54) is 29.7 Å². The number of anilines is 1. The second-order valence-corrected chi connectivity index (χ2v) is 3.38. The van der Waals surface area contributed by atoms with Crippen molar-refractivity contribution in [3.63, 3.8) is 0 Å². The van der Waals surface area contributed by atoms with E-state index in [9.17, 15) is 0 Å². The van der Waals surface area contributed by atoms with E-state index in [0.717, 1.165) is 6.54 Å². The Morgan fingerprint density at radius 3 is 2.38 bits per heavy atom. The van der Waals surface area contributed by atoms with Gasteiger partial charge in [0, 0.05) is 12.2 Å². The number of nitrogens with one attached hydrogen (secondary N) is 1. The van der Waals surface area contributed by atoms with E-state index in [0.29, 0.717) is 0 Å². The molecule has 0 aromatic heterocycles. The molecular weight excluding hydrogens is 158 g/mol. The van der Waals surface area contributed by atoms with Crippen LogP contribution in [0.15, 0.2) is 30.3 Å². The maximum Gasteiger partial charge on any atom is 0.0340 e. The standard InChI is InChI=1S/C12H15N/c1-2-13-12-8-6-11(7-9-12)10-4-3-5-10/h4,6-9,13H,2-3,5H2,1H3. The van der Waals surface area contributed by atoms with Crippen LogP contribution in [-0.4, -0.2) is 6.54 Å². The van der Waals surface area contributed by atoms with E-state index in [4.69, 9.17) is 0 Å². The first-order valence-corrected chi connectivity index (χ1v) is 4.93. The first-order chi connectivity index (χ1) is 6.40. The minimum absolute atomic E-state index is 0.988. The van der Waals surface area contributed by atoms with Crippen molar-refractivity contribution in [3.8, 4) is 0 Å². The lowest BCUT2D eigenvalue weighted by molar-refractivity contribution is 0.988. The Labute approximate surface area is 79.5 Å². The van der Waals surface area contributed by atoms with E-state index in [2.05, 4.69) is 42.6 Å². The number of hydrogen-bond donors (Lipinski definition) is 1. The molecule has 0 fully saturated rings. The zero-order chi connectivity index (χ0) is 9.10. The molecule has 1 heteroatoms. The summed E-state index contributed by atoms with van der Waals surface area (Å²) >= 11 is 0. The third-order valence-corrected chi connectivity index (χ3v) is 2.44. The molecule has 0 heterocycles. The lowest BCUT2D eigenvalue weighted by Gasteiger charge is -2.14. The van der Waals surface area contributed by atoms with Crippen molar-refractivity contribution in [3.05, 3.63) is 35.9 Å². The highest BCUT2D eigenvalue weighted by molar-refractivity contribution is 5.71. The maximum atomic E-state index is 3.29. The summed E-state index contributed by atoms with van der Waals surface area (Å²) in [5.41, 5.74) is 4.10. The summed E-state index contributed by atoms with van der Waals surface area (Å²) in [5, 5.41) is 3.29. The number of rotatable bonds is 3. The second kappa shape index (κ2) is 3.65. The van der Waals surface area contributed by atoms with Gasteiger partial charge in [0.25, 0.3) is 0 Å². The van der Waals surface area contributed by atoms with Crippen LogP contribution in [0.4, 0.5) is 5.69 Å². The predicted octanol–water partition coefficient (Wildman–Crippen LogP) is 3.30. The highest BCUT2D eigenvalue weighted by Gasteiger charge is 2.07. The first kappa shape index (κ1) is 8.36. The zero-order valence-corrected chi connectivity index (χ0v) is 8.01. The van der Waals surface area contributed by atoms with Crippen LogP contribution in [0.3, 0.4) is 0 Å². The minimum Gasteiger partial charge on any atom is -0.385 e. The van der Waals surface area contributed by atoms with E-state index in [1.54, 1.807) is 0 Å². The Hall–Kier alpha value is -1.24. The van der Waals surface area contributed by atoms with Crippen LogP contribution in [-0.2, 0) is 0 Å². The molecule has 1 aliphatic rings. The van der Waals surface area contributed by atoms with Crippen LogP contribution < -0.4 is 5.32 Å². The van der Waals surface area contributed by atoms with Gasteiger partial charge in [0.05, 0.1) is 0 Å². The van der Waals surface area contributed by atoms with Gasteiger partial charge < -0.3 is 5.32 Å². The smallest absolute Gasteiger partial charge is 0.0340 e. The molecule has 1 aromatic rings. The third kappa shape index (κ3) is 1.74. The first-order valence-electron chi connectivity index (χ1n) is 4.93. The van der Waals surface area contributed by atoms with Crippen molar-refractivity contribution in [2.45, 2.75) is 19.8 Å². The molecule has 68 valence electrons. The van der Waals surface area contributed by atoms with Gasteiger partial charge in [0.2, 0.25) is 0 Å². The molecule has 2 rings (SSSR count). The Morgan fingerprint density at radius 2 is 1.92 bits per heavy atom. The molecule has 1 aliphatic carbocycles. The predicted molar refractivity (Wildman–Crippen MR) is 57.8 cm³/mol. The largest absolute Gasteiger partial charge is 0.385 e. The van der Waals surface area contributed by atoms with E-state index in [1.807, 2.05) is 0 Å². The van der Waals surface area contributed by atoms with Gasteiger partial charge in [-0.15, -0.1) is 0 Å². The van der Waals surface area contributed by atoms with Crippen LogP contribution in [0.1, 0.15) is 25.3 Å². The van der Waals surface area contributed by atoms with Gasteiger partial charge in [-0.2, -0.15) is 0 Å². The summed E-state index contributed by atoms with van der Waals surface area (Å²) < 4.78 is 0. The molecule has 1 N–H and O–H groups in total. The van der Waals surface area contributed by atoms with Crippen LogP contribution in [0, 0.1) is 0 Å². The van der Waals surface area contributed by atoms with Crippen LogP contribution in [0.25, 0.3) is 5.57 Å². The average Bonchev–Trinajstić information content (AvgIpc) is 2.06. The topological polar surface area (TPSA) is 12.0 Å². The fourth-order valence-corrected chi connectivity index (χ4v) is 1.56. The van der Waals surface area contributed by atoms with Gasteiger partial charge in [-0.1, -0.05) is 18.2 Å². The molecule has 0 unspecified atom stereocenters. The quantitative estimate of drug-likeness (QED) is 0.739. The molecule has 0 radical (unpaired) electrons. The number of benzene rings is 1. The number of allylic oxidation sites excluding steroid dienone is 2. The molecule has 0 spiro atoms. The Balaban J connectivity index is 2.13. The molecule has 0 saturated heterocycles. The lowest BCUT2D eigenvalue weighted by Crippen LogP contribution is -1.97. The summed E-state index contributed by atoms with van der Waals surface area (Å²) in [5.74, 6) is 0. The Morgan fingerprint density at radius 1 is 1.23 bits per heavy atom. The SMILES string of the molecule is CCNc1ccc(C2=CCC2)cc1. The summed E-state index contributed by atoms with van der Waals surface area (Å²) in [4.78, 5) is 0. The fraction of sp³-hybridized carbons (Fsp3) is 0.333. The molecular formula is C12H15N. The van der Waals surface area contributed by atoms with Gasteiger partial charge in [-0.25, -0.2) is 0 Å². The van der Waals surface area contributed by atoms with E-state index >= 15 is 0 Å². The molecule has 13 heavy (non-hydrogen) atoms. The van der Waals surface area contributed by atoms with Crippen LogP contribution in [0.5, 0.6) is 0 Å². The van der Waals surface area contributed by atoms with Crippen molar-refractivity contribution < 1.29 is 0 Å². The summed E-state index contributed by atoms with van der Waals surface area (Å²) in [6, 6.07) is 8.70. The molecule has 0 aliphatic heterocycles. The average molecular weight is 173 g/mol. The van der Waals surface area contributed by atoms with Crippen LogP contribution >= 0.6 is 0 Å². The van der Waals surface area contributed by atoms with Gasteiger partial charge in [-0.3, -0.25) is 0 Å². The summed E-state index contributed by atoms with van der Waals surface area (Å²) in [6.45, 7) is 3.10. The van der Waals surface area contributed by atoms with Crippen molar-refractivity contribution in [2.24, 2.45) is 0 Å². The molecule has 0 saturated carbocycles. The van der Waals surface area contributed by atoms with Crippen molar-refractivity contribution >= 4 is 11.3 Å². The van der Waals surface area contributed by atoms with Crippen LogP contribution in [0.2, 0.25) is 0 Å². The second-order valence-electron chi connectivity index (χ2n) is 3.38. The van der Waals surface area contributed by atoms with Gasteiger partial charge in [0.15, 0.2) is 0 Å². The minimum atomic E-state index is 0.988. The molecule has 0 atom stereocenters. The monoisotopic (exact) mass is 173 g/mol. The molecule has 0 bridgehead atoms. The Kier molecular flexibility index (Phi) is 2.35. The normalized spacial score (nSPS) is 14.7. The van der Waals surface area contributed by atoms with Crippen molar-refractivity contribution in [2.75, 3.05) is 11.9 Å². The van der Waals surface area contributed by atoms with E-state index in [-0.39, 0.29) is 0 Å². The van der Waals surface area contributed by atoms with E-state index < -0.39 is 0 Å². The number of hydrogen-bond acceptors (Lipinski definition) is 1. The summed E-state index contributed by atoms with van der Waals surface area (Å²) in [6.07, 6.45) is 4.81. The Bertz CT molecular complexity index is 308. The highest BCUT2D eigenvalue weighted by atomic mass is 14.8.